The number of carbonyl (C=O) groups is 4. The van der Waals surface area contributed by atoms with Gasteiger partial charge in [0.15, 0.2) is 11.6 Å². The second kappa shape index (κ2) is 31.3. The van der Waals surface area contributed by atoms with Crippen LogP contribution in [0.2, 0.25) is 0 Å². The lowest BCUT2D eigenvalue weighted by Gasteiger charge is -2.14. The van der Waals surface area contributed by atoms with E-state index in [0.29, 0.717) is 12.8 Å². The molecule has 0 fully saturated rings. The van der Waals surface area contributed by atoms with E-state index in [2.05, 4.69) is 13.8 Å². The quantitative estimate of drug-likeness (QED) is 0.0535. The molecule has 1 amide bonds. The minimum absolute atomic E-state index is 0.115. The van der Waals surface area contributed by atoms with Crippen LogP contribution in [0.4, 0.5) is 0 Å². The minimum Gasteiger partial charge on any atom is -0.478 e. The zero-order chi connectivity index (χ0) is 36.7. The Bertz CT molecular complexity index is 1060. The maximum Gasteiger partial charge on any atom is 0.337 e. The Morgan fingerprint density at radius 3 is 1.00 bits per heavy atom. The van der Waals surface area contributed by atoms with Gasteiger partial charge in [0.2, 0.25) is 5.91 Å². The van der Waals surface area contributed by atoms with Gasteiger partial charge in [-0.15, -0.1) is 0 Å². The Kier molecular flexibility index (Phi) is 28.5. The molecule has 1 aromatic rings. The van der Waals surface area contributed by atoms with Crippen molar-refractivity contribution < 1.29 is 24.3 Å². The number of unbranched alkanes of at least 4 members (excludes halogenated alkanes) is 28. The van der Waals surface area contributed by atoms with E-state index in [-0.39, 0.29) is 41.1 Å². The molecule has 6 heteroatoms. The van der Waals surface area contributed by atoms with Crippen molar-refractivity contribution in [2.45, 2.75) is 219 Å². The van der Waals surface area contributed by atoms with Crippen LogP contribution in [-0.2, 0) is 0 Å². The van der Waals surface area contributed by atoms with Gasteiger partial charge in [0.25, 0.3) is 0 Å². The number of aromatic carboxylic acids is 1. The van der Waals surface area contributed by atoms with Crippen molar-refractivity contribution in [2.24, 2.45) is 5.73 Å². The summed E-state index contributed by atoms with van der Waals surface area (Å²) in [7, 11) is 0. The summed E-state index contributed by atoms with van der Waals surface area (Å²) < 4.78 is 0. The summed E-state index contributed by atoms with van der Waals surface area (Å²) in [5.74, 6) is -2.94. The van der Waals surface area contributed by atoms with Gasteiger partial charge in [-0.25, -0.2) is 4.79 Å². The smallest absolute Gasteiger partial charge is 0.337 e. The summed E-state index contributed by atoms with van der Waals surface area (Å²) in [4.78, 5) is 51.1. The molecule has 0 atom stereocenters. The van der Waals surface area contributed by atoms with Gasteiger partial charge >= 0.3 is 5.97 Å². The lowest BCUT2D eigenvalue weighted by Crippen LogP contribution is -2.22. The first-order chi connectivity index (χ1) is 24.3. The molecule has 6 nitrogen and oxygen atoms in total. The molecule has 0 aromatic heterocycles. The molecule has 0 saturated heterocycles. The van der Waals surface area contributed by atoms with Gasteiger partial charge in [-0.3, -0.25) is 14.4 Å². The van der Waals surface area contributed by atoms with Crippen molar-refractivity contribution in [3.05, 3.63) is 34.4 Å². The highest BCUT2D eigenvalue weighted by Gasteiger charge is 2.28. The first-order valence-electron chi connectivity index (χ1n) is 21.1. The summed E-state index contributed by atoms with van der Waals surface area (Å²) in [5, 5.41) is 10.00. The van der Waals surface area contributed by atoms with Crippen molar-refractivity contribution >= 4 is 23.4 Å². The second-order valence-electron chi connectivity index (χ2n) is 14.8. The fourth-order valence-electron chi connectivity index (χ4n) is 7.13. The Labute approximate surface area is 306 Å². The van der Waals surface area contributed by atoms with Crippen LogP contribution in [0.5, 0.6) is 0 Å². The fourth-order valence-corrected chi connectivity index (χ4v) is 7.13. The average Bonchev–Trinajstić information content (AvgIpc) is 3.10. The monoisotopic (exact) mass is 698 g/mol. The molecule has 286 valence electrons. The molecule has 0 bridgehead atoms. The van der Waals surface area contributed by atoms with Crippen molar-refractivity contribution in [3.63, 3.8) is 0 Å². The van der Waals surface area contributed by atoms with Gasteiger partial charge in [0.1, 0.15) is 0 Å². The van der Waals surface area contributed by atoms with Gasteiger partial charge < -0.3 is 10.8 Å². The Balaban J connectivity index is 2.42. The maximum atomic E-state index is 13.4. The molecule has 1 aromatic carbocycles. The lowest BCUT2D eigenvalue weighted by molar-refractivity contribution is 0.0687. The van der Waals surface area contributed by atoms with E-state index >= 15 is 0 Å². The van der Waals surface area contributed by atoms with Crippen LogP contribution in [-0.4, -0.2) is 28.5 Å². The zero-order valence-corrected chi connectivity index (χ0v) is 32.4. The summed E-state index contributed by atoms with van der Waals surface area (Å²) in [6.07, 6.45) is 37.1. The second-order valence-corrected chi connectivity index (χ2v) is 14.8. The normalized spacial score (nSPS) is 11.2. The number of hydrogen-bond donors (Lipinski definition) is 2. The summed E-state index contributed by atoms with van der Waals surface area (Å²) in [6, 6.07) is 2.72. The van der Waals surface area contributed by atoms with E-state index in [1.54, 1.807) is 0 Å². The SMILES string of the molecule is CCCCCCCCCCCCCCCCCC(=O)c1ccc(C(N)=O)c(C(=O)O)c1C(=O)CCCCCCCCCCCCCCCCC. The molecule has 0 heterocycles. The Morgan fingerprint density at radius 2 is 0.700 bits per heavy atom. The Hall–Kier alpha value is -2.50. The number of carboxylic acid groups (broad SMARTS) is 1. The standard InChI is InChI=1S/C44H75NO5/c1-3-5-7-9-11-13-15-17-19-21-23-25-27-29-31-33-39(46)37-35-36-38(43(45)48)42(44(49)50)41(37)40(47)34-32-30-28-26-24-22-20-18-16-14-12-10-8-6-4-2/h35-36H,3-34H2,1-2H3,(H2,45,48)(H,49,50). The van der Waals surface area contributed by atoms with E-state index in [0.717, 1.165) is 38.5 Å². The highest BCUT2D eigenvalue weighted by Crippen LogP contribution is 2.25. The highest BCUT2D eigenvalue weighted by atomic mass is 16.4. The number of primary amides is 1. The van der Waals surface area contributed by atoms with Crippen LogP contribution in [0.3, 0.4) is 0 Å². The number of rotatable bonds is 36. The minimum atomic E-state index is -1.40. The van der Waals surface area contributed by atoms with E-state index in [9.17, 15) is 24.3 Å². The third kappa shape index (κ3) is 21.7. The summed E-state index contributed by atoms with van der Waals surface area (Å²) in [5.41, 5.74) is 4.82. The van der Waals surface area contributed by atoms with E-state index < -0.39 is 17.4 Å². The number of ketones is 2. The number of carboxylic acids is 1. The van der Waals surface area contributed by atoms with E-state index in [1.807, 2.05) is 0 Å². The third-order valence-corrected chi connectivity index (χ3v) is 10.3. The zero-order valence-electron chi connectivity index (χ0n) is 32.4. The molecular formula is C44H75NO5. The highest BCUT2D eigenvalue weighted by molar-refractivity contribution is 6.17. The third-order valence-electron chi connectivity index (χ3n) is 10.3. The van der Waals surface area contributed by atoms with Gasteiger partial charge in [0, 0.05) is 24.0 Å². The largest absolute Gasteiger partial charge is 0.478 e. The molecular weight excluding hydrogens is 622 g/mol. The van der Waals surface area contributed by atoms with Crippen molar-refractivity contribution in [1.29, 1.82) is 0 Å². The molecule has 0 spiro atoms. The number of hydrogen-bond acceptors (Lipinski definition) is 4. The number of nitrogens with two attached hydrogens (primary N) is 1. The van der Waals surface area contributed by atoms with Crippen LogP contribution in [0.1, 0.15) is 261 Å². The van der Waals surface area contributed by atoms with Crippen LogP contribution < -0.4 is 5.73 Å². The number of benzene rings is 1. The van der Waals surface area contributed by atoms with Crippen molar-refractivity contribution in [1.82, 2.24) is 0 Å². The molecule has 50 heavy (non-hydrogen) atoms. The number of amides is 1. The van der Waals surface area contributed by atoms with Crippen molar-refractivity contribution in [2.75, 3.05) is 0 Å². The van der Waals surface area contributed by atoms with Crippen LogP contribution in [0.25, 0.3) is 0 Å². The first kappa shape index (κ1) is 45.5. The fraction of sp³-hybridized carbons (Fsp3) is 0.773. The Morgan fingerprint density at radius 1 is 0.420 bits per heavy atom. The molecule has 0 aliphatic rings. The average molecular weight is 698 g/mol. The number of carbonyl (C=O) groups excluding carboxylic acids is 3. The van der Waals surface area contributed by atoms with Gasteiger partial charge in [0.05, 0.1) is 11.1 Å². The van der Waals surface area contributed by atoms with E-state index in [1.165, 1.54) is 153 Å². The molecule has 3 N–H and O–H groups in total. The van der Waals surface area contributed by atoms with Crippen LogP contribution in [0.15, 0.2) is 12.1 Å². The predicted octanol–water partition coefficient (Wildman–Crippen LogP) is 13.4. The summed E-state index contributed by atoms with van der Waals surface area (Å²) in [6.45, 7) is 4.51. The molecule has 0 saturated carbocycles. The number of Topliss-reactive ketones (excluding diaryl/α,β-unsaturated/α-hetero) is 2. The molecule has 0 radical (unpaired) electrons. The summed E-state index contributed by atoms with van der Waals surface area (Å²) >= 11 is 0. The van der Waals surface area contributed by atoms with Crippen LogP contribution in [0, 0.1) is 0 Å². The predicted molar refractivity (Wildman–Crippen MR) is 210 cm³/mol. The van der Waals surface area contributed by atoms with E-state index in [4.69, 9.17) is 5.73 Å². The van der Waals surface area contributed by atoms with Gasteiger partial charge in [-0.1, -0.05) is 194 Å². The van der Waals surface area contributed by atoms with Crippen molar-refractivity contribution in [3.8, 4) is 0 Å². The molecule has 1 rings (SSSR count). The molecule has 0 unspecified atom stereocenters. The van der Waals surface area contributed by atoms with Gasteiger partial charge in [-0.05, 0) is 25.0 Å². The maximum absolute atomic E-state index is 13.4. The molecule has 0 aliphatic heterocycles. The van der Waals surface area contributed by atoms with Gasteiger partial charge in [-0.2, -0.15) is 0 Å². The lowest BCUT2D eigenvalue weighted by atomic mass is 9.87. The first-order valence-corrected chi connectivity index (χ1v) is 21.1. The molecule has 0 aliphatic carbocycles. The topological polar surface area (TPSA) is 115 Å². The van der Waals surface area contributed by atoms with Crippen LogP contribution >= 0.6 is 0 Å².